The highest BCUT2D eigenvalue weighted by atomic mass is 16.2. The van der Waals surface area contributed by atoms with Crippen LogP contribution in [-0.4, -0.2) is 28.8 Å². The molecule has 4 heteroatoms. The second-order valence-electron chi connectivity index (χ2n) is 10.2. The van der Waals surface area contributed by atoms with Gasteiger partial charge < -0.3 is 10.2 Å². The highest BCUT2D eigenvalue weighted by molar-refractivity contribution is 5.89. The molecule has 0 bridgehead atoms. The molecule has 0 aliphatic heterocycles. The Bertz CT molecular complexity index is 1340. The number of aryl methyl sites for hydroxylation is 2. The number of fused-ring (bicyclic) bond motifs is 1. The number of carbonyl (C=O) groups is 2. The molecule has 4 aromatic carbocycles. The van der Waals surface area contributed by atoms with Crippen molar-refractivity contribution in [2.75, 3.05) is 0 Å². The zero-order valence-electron chi connectivity index (χ0n) is 22.7. The number of nitrogens with one attached hydrogen (secondary N) is 1. The molecule has 0 saturated heterocycles. The molecule has 4 aromatic rings. The number of benzene rings is 4. The maximum Gasteiger partial charge on any atom is 0.243 e. The monoisotopic (exact) mass is 506 g/mol. The fourth-order valence-electron chi connectivity index (χ4n) is 4.78. The molecule has 2 amide bonds. The molecule has 0 aliphatic rings. The Morgan fingerprint density at radius 3 is 2.24 bits per heavy atom. The third-order valence-corrected chi connectivity index (χ3v) is 7.23. The number of hydrogen-bond donors (Lipinski definition) is 1. The van der Waals surface area contributed by atoms with Gasteiger partial charge in [0.15, 0.2) is 0 Å². The van der Waals surface area contributed by atoms with Gasteiger partial charge in [0.1, 0.15) is 6.04 Å². The lowest BCUT2D eigenvalue weighted by atomic mass is 9.99. The Hall–Kier alpha value is -3.92. The van der Waals surface area contributed by atoms with E-state index in [1.165, 1.54) is 10.8 Å². The van der Waals surface area contributed by atoms with Crippen LogP contribution in [0, 0.1) is 6.92 Å². The standard InChI is InChI=1S/C34H38N2O2/c1-4-26(3)35-34(38)32(23-27-11-6-5-7-12-27)36(24-28-19-17-25(2)18-20-28)33(37)22-21-30-15-10-14-29-13-8-9-16-31(29)30/h5-20,26,32H,4,21-24H2,1-3H3,(H,35,38). The average molecular weight is 507 g/mol. The van der Waals surface area contributed by atoms with Crippen LogP contribution in [0.1, 0.15) is 48.9 Å². The van der Waals surface area contributed by atoms with E-state index >= 15 is 0 Å². The maximum absolute atomic E-state index is 14.0. The average Bonchev–Trinajstić information content (AvgIpc) is 2.95. The molecular weight excluding hydrogens is 468 g/mol. The molecule has 0 spiro atoms. The van der Waals surface area contributed by atoms with Crippen LogP contribution in [0.3, 0.4) is 0 Å². The van der Waals surface area contributed by atoms with Crippen molar-refractivity contribution in [3.63, 3.8) is 0 Å². The zero-order valence-corrected chi connectivity index (χ0v) is 22.7. The number of rotatable bonds is 11. The highest BCUT2D eigenvalue weighted by Gasteiger charge is 2.30. The Morgan fingerprint density at radius 1 is 0.816 bits per heavy atom. The summed E-state index contributed by atoms with van der Waals surface area (Å²) in [6, 6.07) is 32.1. The van der Waals surface area contributed by atoms with Crippen LogP contribution in [0.2, 0.25) is 0 Å². The van der Waals surface area contributed by atoms with Gasteiger partial charge in [-0.15, -0.1) is 0 Å². The van der Waals surface area contributed by atoms with E-state index in [-0.39, 0.29) is 17.9 Å². The van der Waals surface area contributed by atoms with Crippen LogP contribution >= 0.6 is 0 Å². The van der Waals surface area contributed by atoms with Gasteiger partial charge in [-0.05, 0) is 54.2 Å². The molecule has 2 unspecified atom stereocenters. The second kappa shape index (κ2) is 13.0. The lowest BCUT2D eigenvalue weighted by molar-refractivity contribution is -0.141. The number of hydrogen-bond acceptors (Lipinski definition) is 2. The molecule has 4 rings (SSSR count). The van der Waals surface area contributed by atoms with Gasteiger partial charge in [-0.25, -0.2) is 0 Å². The van der Waals surface area contributed by atoms with Crippen LogP contribution in [-0.2, 0) is 29.0 Å². The molecule has 0 aromatic heterocycles. The minimum absolute atomic E-state index is 0.0151. The Kier molecular flexibility index (Phi) is 9.31. The maximum atomic E-state index is 14.0. The first kappa shape index (κ1) is 27.1. The largest absolute Gasteiger partial charge is 0.352 e. The van der Waals surface area contributed by atoms with Gasteiger partial charge in [0.05, 0.1) is 0 Å². The summed E-state index contributed by atoms with van der Waals surface area (Å²) in [5, 5.41) is 5.49. The van der Waals surface area contributed by atoms with Gasteiger partial charge in [-0.2, -0.15) is 0 Å². The summed E-state index contributed by atoms with van der Waals surface area (Å²) >= 11 is 0. The summed E-state index contributed by atoms with van der Waals surface area (Å²) in [5.74, 6) is -0.118. The van der Waals surface area contributed by atoms with Crippen molar-refractivity contribution in [1.29, 1.82) is 0 Å². The SMILES string of the molecule is CCC(C)NC(=O)C(Cc1ccccc1)N(Cc1ccc(C)cc1)C(=O)CCc1cccc2ccccc12. The van der Waals surface area contributed by atoms with Crippen molar-refractivity contribution in [1.82, 2.24) is 10.2 Å². The van der Waals surface area contributed by atoms with E-state index in [4.69, 9.17) is 0 Å². The van der Waals surface area contributed by atoms with Crippen LogP contribution in [0.5, 0.6) is 0 Å². The second-order valence-corrected chi connectivity index (χ2v) is 10.2. The summed E-state index contributed by atoms with van der Waals surface area (Å²) in [6.45, 7) is 6.50. The first-order chi connectivity index (χ1) is 18.4. The lowest BCUT2D eigenvalue weighted by Crippen LogP contribution is -2.52. The summed E-state index contributed by atoms with van der Waals surface area (Å²) in [4.78, 5) is 29.4. The molecule has 0 fully saturated rings. The van der Waals surface area contributed by atoms with E-state index in [9.17, 15) is 9.59 Å². The number of nitrogens with zero attached hydrogens (tertiary/aromatic N) is 1. The van der Waals surface area contributed by atoms with Gasteiger partial charge in [0.2, 0.25) is 11.8 Å². The predicted molar refractivity (Wildman–Crippen MR) is 156 cm³/mol. The quantitative estimate of drug-likeness (QED) is 0.248. The summed E-state index contributed by atoms with van der Waals surface area (Å²) in [7, 11) is 0. The zero-order chi connectivity index (χ0) is 26.9. The minimum atomic E-state index is -0.604. The van der Waals surface area contributed by atoms with Crippen molar-refractivity contribution >= 4 is 22.6 Å². The predicted octanol–water partition coefficient (Wildman–Crippen LogP) is 6.64. The van der Waals surface area contributed by atoms with Crippen LogP contribution in [0.4, 0.5) is 0 Å². The molecule has 1 N–H and O–H groups in total. The van der Waals surface area contributed by atoms with E-state index in [0.29, 0.717) is 25.8 Å². The number of carbonyl (C=O) groups excluding carboxylic acids is 2. The van der Waals surface area contributed by atoms with E-state index in [1.54, 1.807) is 4.90 Å². The first-order valence-electron chi connectivity index (χ1n) is 13.6. The van der Waals surface area contributed by atoms with Crippen molar-refractivity contribution in [3.05, 3.63) is 119 Å². The first-order valence-corrected chi connectivity index (χ1v) is 13.6. The van der Waals surface area contributed by atoms with Crippen molar-refractivity contribution < 1.29 is 9.59 Å². The van der Waals surface area contributed by atoms with Gasteiger partial charge in [-0.1, -0.05) is 110 Å². The van der Waals surface area contributed by atoms with Crippen LogP contribution in [0.25, 0.3) is 10.8 Å². The summed E-state index contributed by atoms with van der Waals surface area (Å²) in [6.07, 6.45) is 2.25. The lowest BCUT2D eigenvalue weighted by Gasteiger charge is -2.32. The molecule has 4 nitrogen and oxygen atoms in total. The topological polar surface area (TPSA) is 49.4 Å². The normalized spacial score (nSPS) is 12.6. The fraction of sp³-hybridized carbons (Fsp3) is 0.294. The Morgan fingerprint density at radius 2 is 1.50 bits per heavy atom. The molecule has 0 aliphatic carbocycles. The van der Waals surface area contributed by atoms with E-state index in [2.05, 4.69) is 55.6 Å². The third-order valence-electron chi connectivity index (χ3n) is 7.23. The van der Waals surface area contributed by atoms with Gasteiger partial charge in [0, 0.05) is 25.4 Å². The highest BCUT2D eigenvalue weighted by Crippen LogP contribution is 2.22. The fourth-order valence-corrected chi connectivity index (χ4v) is 4.78. The number of amides is 2. The minimum Gasteiger partial charge on any atom is -0.352 e. The molecular formula is C34H38N2O2. The molecule has 0 heterocycles. The van der Waals surface area contributed by atoms with Gasteiger partial charge >= 0.3 is 0 Å². The summed E-state index contributed by atoms with van der Waals surface area (Å²) < 4.78 is 0. The van der Waals surface area contributed by atoms with Crippen LogP contribution in [0.15, 0.2) is 97.1 Å². The molecule has 38 heavy (non-hydrogen) atoms. The van der Waals surface area contributed by atoms with Gasteiger partial charge in [-0.3, -0.25) is 9.59 Å². The Balaban J connectivity index is 1.64. The summed E-state index contributed by atoms with van der Waals surface area (Å²) in [5.41, 5.74) is 4.37. The molecule has 0 saturated carbocycles. The third kappa shape index (κ3) is 7.10. The Labute approximate surface area is 226 Å². The smallest absolute Gasteiger partial charge is 0.243 e. The van der Waals surface area contributed by atoms with Gasteiger partial charge in [0.25, 0.3) is 0 Å². The van der Waals surface area contributed by atoms with E-state index < -0.39 is 6.04 Å². The van der Waals surface area contributed by atoms with Crippen LogP contribution < -0.4 is 5.32 Å². The molecule has 196 valence electrons. The molecule has 2 atom stereocenters. The van der Waals surface area contributed by atoms with Crippen molar-refractivity contribution in [2.45, 2.75) is 65.1 Å². The molecule has 0 radical (unpaired) electrons. The van der Waals surface area contributed by atoms with Crippen molar-refractivity contribution in [3.8, 4) is 0 Å². The van der Waals surface area contributed by atoms with Crippen molar-refractivity contribution in [2.24, 2.45) is 0 Å². The van der Waals surface area contributed by atoms with E-state index in [0.717, 1.165) is 28.7 Å². The van der Waals surface area contributed by atoms with E-state index in [1.807, 2.05) is 67.6 Å².